The van der Waals surface area contributed by atoms with Crippen LogP contribution in [0.25, 0.3) is 0 Å². The van der Waals surface area contributed by atoms with Crippen LogP contribution in [0.4, 0.5) is 26.3 Å². The van der Waals surface area contributed by atoms with Crippen LogP contribution in [0.15, 0.2) is 48.5 Å². The summed E-state index contributed by atoms with van der Waals surface area (Å²) in [7, 11) is 0. The Labute approximate surface area is 205 Å². The zero-order valence-corrected chi connectivity index (χ0v) is 19.9. The van der Waals surface area contributed by atoms with Crippen LogP contribution in [0.5, 0.6) is 0 Å². The maximum atomic E-state index is 13.3. The Hall–Kier alpha value is -2.59. The van der Waals surface area contributed by atoms with Crippen molar-refractivity contribution >= 4 is 5.91 Å². The van der Waals surface area contributed by atoms with Gasteiger partial charge in [-0.1, -0.05) is 30.3 Å². The van der Waals surface area contributed by atoms with E-state index in [0.29, 0.717) is 31.5 Å². The van der Waals surface area contributed by atoms with Crippen molar-refractivity contribution in [2.24, 2.45) is 0 Å². The molecule has 0 radical (unpaired) electrons. The van der Waals surface area contributed by atoms with Crippen molar-refractivity contribution in [3.8, 4) is 0 Å². The van der Waals surface area contributed by atoms with Crippen LogP contribution < -0.4 is 5.32 Å². The first kappa shape index (κ1) is 26.5. The molecule has 36 heavy (non-hydrogen) atoms. The molecule has 2 aromatic carbocycles. The van der Waals surface area contributed by atoms with Gasteiger partial charge in [0.2, 0.25) is 5.91 Å². The summed E-state index contributed by atoms with van der Waals surface area (Å²) in [6.07, 6.45) is -9.13. The zero-order chi connectivity index (χ0) is 26.3. The molecule has 0 aromatic heterocycles. The van der Waals surface area contributed by atoms with E-state index in [1.165, 1.54) is 6.92 Å². The number of likely N-dealkylation sites (tertiary alicyclic amines) is 1. The number of amides is 1. The topological polar surface area (TPSA) is 41.6 Å². The minimum absolute atomic E-state index is 0.00267. The van der Waals surface area contributed by atoms with Crippen LogP contribution in [-0.4, -0.2) is 36.0 Å². The molecular weight excluding hydrogens is 486 g/mol. The average molecular weight is 515 g/mol. The highest BCUT2D eigenvalue weighted by Crippen LogP contribution is 2.40. The van der Waals surface area contributed by atoms with Crippen molar-refractivity contribution in [1.82, 2.24) is 10.2 Å². The minimum atomic E-state index is -4.93. The normalized spacial score (nSPS) is 26.0. The highest BCUT2D eigenvalue weighted by Gasteiger charge is 2.46. The average Bonchev–Trinajstić information content (AvgIpc) is 3.40. The minimum Gasteiger partial charge on any atom is -0.372 e. The number of hydrogen-bond donors (Lipinski definition) is 1. The molecule has 0 saturated carbocycles. The van der Waals surface area contributed by atoms with Gasteiger partial charge in [0, 0.05) is 25.0 Å². The molecule has 0 spiro atoms. The molecule has 2 aliphatic heterocycles. The van der Waals surface area contributed by atoms with Crippen molar-refractivity contribution in [3.05, 3.63) is 70.8 Å². The van der Waals surface area contributed by atoms with E-state index in [1.807, 2.05) is 42.2 Å². The lowest BCUT2D eigenvalue weighted by atomic mass is 9.87. The molecule has 1 unspecified atom stereocenters. The summed E-state index contributed by atoms with van der Waals surface area (Å²) in [5.74, 6) is 0.0797. The lowest BCUT2D eigenvalue weighted by Gasteiger charge is -2.33. The number of halogens is 6. The molecule has 2 aromatic rings. The third kappa shape index (κ3) is 5.39. The maximum absolute atomic E-state index is 13.3. The number of carbonyl (C=O) groups is 1. The van der Waals surface area contributed by atoms with Crippen molar-refractivity contribution in [2.45, 2.75) is 69.2 Å². The van der Waals surface area contributed by atoms with Crippen LogP contribution in [0.1, 0.15) is 61.5 Å². The quantitative estimate of drug-likeness (QED) is 0.476. The second-order valence-electron chi connectivity index (χ2n) is 9.67. The Morgan fingerprint density at radius 3 is 2.19 bits per heavy atom. The number of hydrogen-bond acceptors (Lipinski definition) is 3. The van der Waals surface area contributed by atoms with Gasteiger partial charge in [0.25, 0.3) is 0 Å². The summed E-state index contributed by atoms with van der Waals surface area (Å²) in [6, 6.07) is 10.8. The Balaban J connectivity index is 1.60. The lowest BCUT2D eigenvalue weighted by molar-refractivity contribution is -0.143. The monoisotopic (exact) mass is 514 g/mol. The molecule has 0 bridgehead atoms. The third-order valence-electron chi connectivity index (χ3n) is 7.18. The molecule has 196 valence electrons. The van der Waals surface area contributed by atoms with Gasteiger partial charge in [0.1, 0.15) is 0 Å². The molecule has 2 aliphatic rings. The van der Waals surface area contributed by atoms with Crippen molar-refractivity contribution < 1.29 is 35.9 Å². The first-order valence-electron chi connectivity index (χ1n) is 11.8. The molecule has 2 fully saturated rings. The first-order valence-corrected chi connectivity index (χ1v) is 11.8. The Morgan fingerprint density at radius 2 is 1.67 bits per heavy atom. The SMILES string of the molecule is CC1CCC(=O)N1[C@@H]1CN[C@](CO[C@H](C)c2cc(C(F)(F)F)cc(C(F)(F)F)c2)(c2ccccc2)C1. The lowest BCUT2D eigenvalue weighted by Crippen LogP contribution is -2.42. The molecule has 2 heterocycles. The summed E-state index contributed by atoms with van der Waals surface area (Å²) in [5.41, 5.74) is -2.84. The van der Waals surface area contributed by atoms with Gasteiger partial charge in [-0.25, -0.2) is 0 Å². The Kier molecular flexibility index (Phi) is 7.13. The number of benzene rings is 2. The smallest absolute Gasteiger partial charge is 0.372 e. The number of alkyl halides is 6. The number of nitrogens with one attached hydrogen (secondary N) is 1. The molecule has 1 amide bonds. The number of carbonyl (C=O) groups excluding carboxylic acids is 1. The summed E-state index contributed by atoms with van der Waals surface area (Å²) in [5, 5.41) is 3.45. The fourth-order valence-electron chi connectivity index (χ4n) is 5.21. The third-order valence-corrected chi connectivity index (χ3v) is 7.18. The van der Waals surface area contributed by atoms with Gasteiger partial charge in [0.15, 0.2) is 0 Å². The van der Waals surface area contributed by atoms with Gasteiger partial charge >= 0.3 is 12.4 Å². The van der Waals surface area contributed by atoms with Crippen LogP contribution in [0.2, 0.25) is 0 Å². The predicted molar refractivity (Wildman–Crippen MR) is 121 cm³/mol. The van der Waals surface area contributed by atoms with Crippen molar-refractivity contribution in [3.63, 3.8) is 0 Å². The molecule has 4 atom stereocenters. The molecule has 10 heteroatoms. The van der Waals surface area contributed by atoms with Gasteiger partial charge in [-0.05, 0) is 56.0 Å². The second-order valence-corrected chi connectivity index (χ2v) is 9.67. The van der Waals surface area contributed by atoms with E-state index in [-0.39, 0.29) is 36.2 Å². The van der Waals surface area contributed by atoms with E-state index < -0.39 is 35.1 Å². The molecule has 0 aliphatic carbocycles. The highest BCUT2D eigenvalue weighted by molar-refractivity contribution is 5.79. The molecule has 1 N–H and O–H groups in total. The van der Waals surface area contributed by atoms with Crippen molar-refractivity contribution in [1.29, 1.82) is 0 Å². The van der Waals surface area contributed by atoms with Crippen LogP contribution in [0.3, 0.4) is 0 Å². The van der Waals surface area contributed by atoms with Gasteiger partial charge in [-0.15, -0.1) is 0 Å². The van der Waals surface area contributed by atoms with E-state index in [1.54, 1.807) is 0 Å². The highest BCUT2D eigenvalue weighted by atomic mass is 19.4. The van der Waals surface area contributed by atoms with Crippen LogP contribution in [0, 0.1) is 0 Å². The van der Waals surface area contributed by atoms with E-state index in [2.05, 4.69) is 5.32 Å². The van der Waals surface area contributed by atoms with E-state index >= 15 is 0 Å². The molecule has 2 saturated heterocycles. The van der Waals surface area contributed by atoms with E-state index in [9.17, 15) is 31.1 Å². The van der Waals surface area contributed by atoms with Crippen LogP contribution in [-0.2, 0) is 27.4 Å². The van der Waals surface area contributed by atoms with E-state index in [0.717, 1.165) is 12.0 Å². The molecule has 4 nitrogen and oxygen atoms in total. The number of rotatable bonds is 6. The van der Waals surface area contributed by atoms with Gasteiger partial charge in [-0.2, -0.15) is 26.3 Å². The Morgan fingerprint density at radius 1 is 1.06 bits per heavy atom. The largest absolute Gasteiger partial charge is 0.416 e. The number of nitrogens with zero attached hydrogens (tertiary/aromatic N) is 1. The Bertz CT molecular complexity index is 1060. The second kappa shape index (κ2) is 9.70. The first-order chi connectivity index (χ1) is 16.8. The van der Waals surface area contributed by atoms with Crippen molar-refractivity contribution in [2.75, 3.05) is 13.2 Å². The summed E-state index contributed by atoms with van der Waals surface area (Å²) < 4.78 is 85.9. The van der Waals surface area contributed by atoms with Crippen LogP contribution >= 0.6 is 0 Å². The van der Waals surface area contributed by atoms with Gasteiger partial charge in [0.05, 0.1) is 29.4 Å². The predicted octanol–water partition coefficient (Wildman–Crippen LogP) is 6.07. The summed E-state index contributed by atoms with van der Waals surface area (Å²) in [4.78, 5) is 14.4. The molecular formula is C26H28F6N2O2. The fourth-order valence-corrected chi connectivity index (χ4v) is 5.21. The van der Waals surface area contributed by atoms with Gasteiger partial charge in [-0.3, -0.25) is 4.79 Å². The zero-order valence-electron chi connectivity index (χ0n) is 19.9. The number of ether oxygens (including phenoxy) is 1. The van der Waals surface area contributed by atoms with Gasteiger partial charge < -0.3 is 15.0 Å². The maximum Gasteiger partial charge on any atom is 0.416 e. The standard InChI is InChI=1S/C26H28F6N2O2/c1-16-8-9-23(35)34(16)22-13-24(33-14-22,19-6-4-3-5-7-19)15-36-17(2)18-10-20(25(27,28)29)12-21(11-18)26(30,31)32/h3-7,10-12,16-17,22,33H,8-9,13-15H2,1-2H3/t16?,17-,22+,24-/m1/s1. The summed E-state index contributed by atoms with van der Waals surface area (Å²) >= 11 is 0. The molecule has 4 rings (SSSR count). The summed E-state index contributed by atoms with van der Waals surface area (Å²) in [6.45, 7) is 3.94. The van der Waals surface area contributed by atoms with E-state index in [4.69, 9.17) is 4.74 Å². The fraction of sp³-hybridized carbons (Fsp3) is 0.500.